The van der Waals surface area contributed by atoms with Gasteiger partial charge in [0.2, 0.25) is 0 Å². The van der Waals surface area contributed by atoms with Gasteiger partial charge in [0.05, 0.1) is 0 Å². The zero-order valence-electron chi connectivity index (χ0n) is 12.6. The van der Waals surface area contributed by atoms with Crippen LogP contribution in [0.25, 0.3) is 0 Å². The first-order chi connectivity index (χ1) is 8.09. The highest BCUT2D eigenvalue weighted by atomic mass is 15.2. The van der Waals surface area contributed by atoms with E-state index in [0.29, 0.717) is 5.41 Å². The number of hydrogen-bond acceptors (Lipinski definition) is 2. The summed E-state index contributed by atoms with van der Waals surface area (Å²) in [5, 5.41) is 3.46. The molecule has 0 bridgehead atoms. The van der Waals surface area contributed by atoms with Crippen LogP contribution in [0.3, 0.4) is 0 Å². The highest BCUT2D eigenvalue weighted by Gasteiger charge is 2.35. The van der Waals surface area contributed by atoms with E-state index in [9.17, 15) is 0 Å². The molecule has 0 unspecified atom stereocenters. The molecule has 2 heteroatoms. The Morgan fingerprint density at radius 1 is 1.18 bits per heavy atom. The van der Waals surface area contributed by atoms with Crippen molar-refractivity contribution >= 4 is 0 Å². The van der Waals surface area contributed by atoms with Crippen LogP contribution < -0.4 is 5.32 Å². The standard InChI is InChI=1S/C13H26N2.C2H6/c1-11(2)12-8-15(9-12)10-13(3)4-6-14-7-5-13;1-2/h11-12,14H,4-10H2,1-3H3;1-2H3. The van der Waals surface area contributed by atoms with E-state index < -0.39 is 0 Å². The van der Waals surface area contributed by atoms with Gasteiger partial charge in [0, 0.05) is 19.6 Å². The molecule has 0 aromatic heterocycles. The van der Waals surface area contributed by atoms with Crippen LogP contribution in [-0.2, 0) is 0 Å². The van der Waals surface area contributed by atoms with Crippen molar-refractivity contribution in [3.63, 3.8) is 0 Å². The van der Waals surface area contributed by atoms with E-state index in [2.05, 4.69) is 31.0 Å². The second-order valence-electron chi connectivity index (χ2n) is 6.26. The zero-order valence-corrected chi connectivity index (χ0v) is 12.6. The van der Waals surface area contributed by atoms with Crippen LogP contribution >= 0.6 is 0 Å². The quantitative estimate of drug-likeness (QED) is 0.816. The minimum absolute atomic E-state index is 0.590. The number of hydrogen-bond donors (Lipinski definition) is 1. The molecule has 102 valence electrons. The SMILES string of the molecule is CC.CC(C)C1CN(CC2(C)CCNCC2)C1. The highest BCUT2D eigenvalue weighted by molar-refractivity contribution is 4.89. The average molecular weight is 240 g/mol. The molecule has 0 radical (unpaired) electrons. The lowest BCUT2D eigenvalue weighted by Crippen LogP contribution is -2.53. The summed E-state index contributed by atoms with van der Waals surface area (Å²) in [7, 11) is 0. The molecule has 0 aromatic rings. The van der Waals surface area contributed by atoms with E-state index in [0.717, 1.165) is 11.8 Å². The molecule has 2 rings (SSSR count). The van der Waals surface area contributed by atoms with Crippen LogP contribution in [0, 0.1) is 17.3 Å². The molecule has 0 saturated carbocycles. The van der Waals surface area contributed by atoms with Crippen molar-refractivity contribution in [3.05, 3.63) is 0 Å². The summed E-state index contributed by atoms with van der Waals surface area (Å²) >= 11 is 0. The predicted molar refractivity (Wildman–Crippen MR) is 76.3 cm³/mol. The predicted octanol–water partition coefficient (Wildman–Crippen LogP) is 2.99. The van der Waals surface area contributed by atoms with E-state index in [1.165, 1.54) is 45.6 Å². The van der Waals surface area contributed by atoms with E-state index in [1.54, 1.807) is 0 Å². The summed E-state index contributed by atoms with van der Waals surface area (Å²) in [6.07, 6.45) is 2.71. The molecule has 2 aliphatic rings. The van der Waals surface area contributed by atoms with Crippen LogP contribution in [0.2, 0.25) is 0 Å². The van der Waals surface area contributed by atoms with Gasteiger partial charge < -0.3 is 10.2 Å². The summed E-state index contributed by atoms with van der Waals surface area (Å²) in [5.41, 5.74) is 0.590. The first-order valence-corrected chi connectivity index (χ1v) is 7.52. The Labute approximate surface area is 108 Å². The lowest BCUT2D eigenvalue weighted by Gasteiger charge is -2.47. The maximum Gasteiger partial charge on any atom is 0.00365 e. The van der Waals surface area contributed by atoms with Gasteiger partial charge in [0.25, 0.3) is 0 Å². The summed E-state index contributed by atoms with van der Waals surface area (Å²) in [4.78, 5) is 2.66. The summed E-state index contributed by atoms with van der Waals surface area (Å²) in [6.45, 7) is 17.6. The Bertz CT molecular complexity index is 201. The molecule has 0 aromatic carbocycles. The van der Waals surface area contributed by atoms with Gasteiger partial charge >= 0.3 is 0 Å². The number of nitrogens with one attached hydrogen (secondary N) is 1. The van der Waals surface area contributed by atoms with Gasteiger partial charge in [0.1, 0.15) is 0 Å². The summed E-state index contributed by atoms with van der Waals surface area (Å²) < 4.78 is 0. The number of rotatable bonds is 3. The lowest BCUT2D eigenvalue weighted by molar-refractivity contribution is 0.0200. The maximum absolute atomic E-state index is 3.46. The molecule has 2 saturated heterocycles. The van der Waals surface area contributed by atoms with Crippen molar-refractivity contribution in [1.82, 2.24) is 10.2 Å². The third kappa shape index (κ3) is 4.26. The lowest BCUT2D eigenvalue weighted by atomic mass is 9.78. The number of likely N-dealkylation sites (tertiary alicyclic amines) is 1. The molecule has 17 heavy (non-hydrogen) atoms. The molecule has 2 heterocycles. The third-order valence-corrected chi connectivity index (χ3v) is 4.34. The van der Waals surface area contributed by atoms with E-state index >= 15 is 0 Å². The van der Waals surface area contributed by atoms with Gasteiger partial charge in [-0.05, 0) is 43.2 Å². The molecule has 0 atom stereocenters. The Morgan fingerprint density at radius 2 is 1.71 bits per heavy atom. The summed E-state index contributed by atoms with van der Waals surface area (Å²) in [6, 6.07) is 0. The Kier molecular flexibility index (Phi) is 5.94. The number of piperidine rings is 1. The molecule has 0 spiro atoms. The molecule has 0 amide bonds. The largest absolute Gasteiger partial charge is 0.317 e. The van der Waals surface area contributed by atoms with Crippen LogP contribution in [-0.4, -0.2) is 37.6 Å². The third-order valence-electron chi connectivity index (χ3n) is 4.34. The Morgan fingerprint density at radius 3 is 2.18 bits per heavy atom. The molecular weight excluding hydrogens is 208 g/mol. The van der Waals surface area contributed by atoms with E-state index in [4.69, 9.17) is 0 Å². The molecule has 0 aliphatic carbocycles. The first-order valence-electron chi connectivity index (χ1n) is 7.52. The van der Waals surface area contributed by atoms with Crippen LogP contribution in [0.5, 0.6) is 0 Å². The van der Waals surface area contributed by atoms with Crippen molar-refractivity contribution in [1.29, 1.82) is 0 Å². The molecule has 2 nitrogen and oxygen atoms in total. The van der Waals surface area contributed by atoms with Crippen LogP contribution in [0.15, 0.2) is 0 Å². The Balaban J connectivity index is 0.000000686. The van der Waals surface area contributed by atoms with Crippen molar-refractivity contribution < 1.29 is 0 Å². The average Bonchev–Trinajstić information content (AvgIpc) is 2.26. The monoisotopic (exact) mass is 240 g/mol. The minimum Gasteiger partial charge on any atom is -0.317 e. The van der Waals surface area contributed by atoms with Gasteiger partial charge in [0.15, 0.2) is 0 Å². The maximum atomic E-state index is 3.46. The van der Waals surface area contributed by atoms with Crippen molar-refractivity contribution in [3.8, 4) is 0 Å². The van der Waals surface area contributed by atoms with Crippen molar-refractivity contribution in [2.24, 2.45) is 17.3 Å². The smallest absolute Gasteiger partial charge is 0.00365 e. The molecule has 1 N–H and O–H groups in total. The topological polar surface area (TPSA) is 15.3 Å². The van der Waals surface area contributed by atoms with Crippen LogP contribution in [0.4, 0.5) is 0 Å². The van der Waals surface area contributed by atoms with E-state index in [1.807, 2.05) is 13.8 Å². The normalized spacial score (nSPS) is 25.1. The van der Waals surface area contributed by atoms with E-state index in [-0.39, 0.29) is 0 Å². The fraction of sp³-hybridized carbons (Fsp3) is 1.00. The first kappa shape index (κ1) is 15.0. The Hall–Kier alpha value is -0.0800. The van der Waals surface area contributed by atoms with Gasteiger partial charge in [-0.2, -0.15) is 0 Å². The minimum atomic E-state index is 0.590. The van der Waals surface area contributed by atoms with Crippen molar-refractivity contribution in [2.45, 2.75) is 47.5 Å². The number of nitrogens with zero attached hydrogens (tertiary/aromatic N) is 1. The van der Waals surface area contributed by atoms with Gasteiger partial charge in [-0.15, -0.1) is 0 Å². The molecule has 2 aliphatic heterocycles. The van der Waals surface area contributed by atoms with Gasteiger partial charge in [-0.3, -0.25) is 0 Å². The zero-order chi connectivity index (χ0) is 12.9. The van der Waals surface area contributed by atoms with Gasteiger partial charge in [-0.1, -0.05) is 34.6 Å². The summed E-state index contributed by atoms with van der Waals surface area (Å²) in [5.74, 6) is 1.84. The highest BCUT2D eigenvalue weighted by Crippen LogP contribution is 2.33. The molecular formula is C15H32N2. The van der Waals surface area contributed by atoms with Crippen LogP contribution in [0.1, 0.15) is 47.5 Å². The fourth-order valence-corrected chi connectivity index (χ4v) is 2.89. The van der Waals surface area contributed by atoms with Gasteiger partial charge in [-0.25, -0.2) is 0 Å². The second-order valence-corrected chi connectivity index (χ2v) is 6.26. The second kappa shape index (κ2) is 6.75. The van der Waals surface area contributed by atoms with Crippen molar-refractivity contribution in [2.75, 3.05) is 32.7 Å². The fourth-order valence-electron chi connectivity index (χ4n) is 2.89. The molecule has 2 fully saturated rings.